The van der Waals surface area contributed by atoms with Gasteiger partial charge in [-0.1, -0.05) is 23.7 Å². The molecule has 0 spiro atoms. The Balaban J connectivity index is 1.68. The molecule has 0 aromatic heterocycles. The Morgan fingerprint density at radius 3 is 2.56 bits per heavy atom. The van der Waals surface area contributed by atoms with Crippen LogP contribution in [0.15, 0.2) is 42.5 Å². The van der Waals surface area contributed by atoms with Gasteiger partial charge < -0.3 is 4.90 Å². The molecular weight excluding hydrogens is 386 g/mol. The number of rotatable bonds is 2. The second-order valence-electron chi connectivity index (χ2n) is 5.71. The minimum atomic E-state index is -0.553. The largest absolute Gasteiger partial charge is 0.319 e. The molecule has 3 nitrogen and oxygen atoms in total. The number of carbonyl (C=O) groups excluding carboxylic acids is 1. The van der Waals surface area contributed by atoms with Crippen LogP contribution in [0, 0.1) is 11.6 Å². The maximum atomic E-state index is 13.4. The monoisotopic (exact) mass is 396 g/mol. The van der Waals surface area contributed by atoms with Gasteiger partial charge in [0.05, 0.1) is 10.7 Å². The summed E-state index contributed by atoms with van der Waals surface area (Å²) in [7, 11) is 0. The summed E-state index contributed by atoms with van der Waals surface area (Å²) in [6.45, 7) is 0. The van der Waals surface area contributed by atoms with Gasteiger partial charge in [0.25, 0.3) is 5.91 Å². The quantitative estimate of drug-likeness (QED) is 0.703. The number of amides is 1. The lowest BCUT2D eigenvalue weighted by atomic mass is 10.2. The molecule has 2 heterocycles. The smallest absolute Gasteiger partial charge is 0.257 e. The van der Waals surface area contributed by atoms with Crippen molar-refractivity contribution in [1.82, 2.24) is 4.90 Å². The molecule has 128 valence electrons. The van der Waals surface area contributed by atoms with Crippen LogP contribution < -0.4 is 4.90 Å². The highest BCUT2D eigenvalue weighted by Gasteiger charge is 2.50. The van der Waals surface area contributed by atoms with Gasteiger partial charge in [-0.3, -0.25) is 9.69 Å². The number of hydrogen-bond acceptors (Lipinski definition) is 3. The van der Waals surface area contributed by atoms with Crippen LogP contribution in [0.1, 0.15) is 10.9 Å². The third-order valence-corrected chi connectivity index (χ3v) is 6.24. The molecule has 2 aliphatic rings. The van der Waals surface area contributed by atoms with E-state index in [0.29, 0.717) is 16.6 Å². The van der Waals surface area contributed by atoms with E-state index in [1.807, 2.05) is 4.90 Å². The van der Waals surface area contributed by atoms with E-state index >= 15 is 0 Å². The molecule has 2 saturated heterocycles. The van der Waals surface area contributed by atoms with Crippen molar-refractivity contribution >= 4 is 52.3 Å². The van der Waals surface area contributed by atoms with Gasteiger partial charge in [0.15, 0.2) is 5.11 Å². The first-order valence-corrected chi connectivity index (χ1v) is 9.29. The number of halogens is 3. The Morgan fingerprint density at radius 2 is 1.88 bits per heavy atom. The summed E-state index contributed by atoms with van der Waals surface area (Å²) in [5, 5.41) is 0.115. The van der Waals surface area contributed by atoms with E-state index in [1.165, 1.54) is 35.2 Å². The molecule has 1 unspecified atom stereocenters. The molecule has 4 rings (SSSR count). The minimum Gasteiger partial charge on any atom is -0.319 e. The summed E-state index contributed by atoms with van der Waals surface area (Å²) in [6.07, 6.45) is 0. The number of anilines is 1. The van der Waals surface area contributed by atoms with Crippen molar-refractivity contribution in [3.05, 3.63) is 64.7 Å². The topological polar surface area (TPSA) is 23.6 Å². The Bertz CT molecular complexity index is 877. The van der Waals surface area contributed by atoms with Crippen molar-refractivity contribution in [2.24, 2.45) is 0 Å². The number of hydrogen-bond donors (Lipinski definition) is 0. The van der Waals surface area contributed by atoms with Gasteiger partial charge in [0, 0.05) is 5.75 Å². The lowest BCUT2D eigenvalue weighted by Crippen LogP contribution is -2.33. The van der Waals surface area contributed by atoms with E-state index in [9.17, 15) is 13.6 Å². The number of nitrogens with zero attached hydrogens (tertiary/aromatic N) is 2. The van der Waals surface area contributed by atoms with Crippen LogP contribution in [0.4, 0.5) is 14.5 Å². The fourth-order valence-corrected chi connectivity index (χ4v) is 5.13. The molecule has 0 saturated carbocycles. The zero-order valence-electron chi connectivity index (χ0n) is 12.7. The van der Waals surface area contributed by atoms with Crippen LogP contribution in [0.5, 0.6) is 0 Å². The molecule has 2 aromatic carbocycles. The third kappa shape index (κ3) is 2.70. The van der Waals surface area contributed by atoms with Crippen LogP contribution in [-0.4, -0.2) is 27.7 Å². The SMILES string of the molecule is O=C1[C@H]2CSC(c3ccc(F)cc3)N2C(=S)N1c1ccc(F)c(Cl)c1. The molecule has 25 heavy (non-hydrogen) atoms. The molecule has 1 amide bonds. The van der Waals surface area contributed by atoms with Crippen LogP contribution in [0.2, 0.25) is 5.02 Å². The summed E-state index contributed by atoms with van der Waals surface area (Å²) >= 11 is 12.9. The second kappa shape index (κ2) is 6.23. The minimum absolute atomic E-state index is 0.0652. The maximum Gasteiger partial charge on any atom is 0.257 e. The molecular formula is C17H11ClF2N2OS2. The zero-order chi connectivity index (χ0) is 17.7. The summed E-state index contributed by atoms with van der Waals surface area (Å²) in [5.41, 5.74) is 1.32. The van der Waals surface area contributed by atoms with Gasteiger partial charge in [0.1, 0.15) is 23.1 Å². The Morgan fingerprint density at radius 1 is 1.16 bits per heavy atom. The fourth-order valence-electron chi connectivity index (χ4n) is 3.04. The van der Waals surface area contributed by atoms with Crippen molar-refractivity contribution in [3.63, 3.8) is 0 Å². The Hall–Kier alpha value is -1.70. The molecule has 2 aromatic rings. The van der Waals surface area contributed by atoms with Crippen LogP contribution in [0.3, 0.4) is 0 Å². The van der Waals surface area contributed by atoms with Crippen LogP contribution >= 0.6 is 35.6 Å². The average Bonchev–Trinajstić information content (AvgIpc) is 3.12. The fraction of sp³-hybridized carbons (Fsp3) is 0.176. The first-order valence-electron chi connectivity index (χ1n) is 7.46. The number of thioether (sulfide) groups is 1. The highest BCUT2D eigenvalue weighted by Crippen LogP contribution is 2.46. The van der Waals surface area contributed by atoms with Crippen molar-refractivity contribution in [2.75, 3.05) is 10.7 Å². The Labute approximate surface area is 157 Å². The summed E-state index contributed by atoms with van der Waals surface area (Å²) in [6, 6.07) is 9.86. The molecule has 0 N–H and O–H groups in total. The maximum absolute atomic E-state index is 13.4. The third-order valence-electron chi connectivity index (χ3n) is 4.23. The first kappa shape index (κ1) is 16.8. The van der Waals surface area contributed by atoms with Gasteiger partial charge in [0.2, 0.25) is 0 Å². The van der Waals surface area contributed by atoms with Crippen molar-refractivity contribution in [1.29, 1.82) is 0 Å². The van der Waals surface area contributed by atoms with Crippen molar-refractivity contribution < 1.29 is 13.6 Å². The summed E-state index contributed by atoms with van der Waals surface area (Å²) < 4.78 is 26.6. The van der Waals surface area contributed by atoms with Crippen molar-refractivity contribution in [3.8, 4) is 0 Å². The molecule has 0 bridgehead atoms. The van der Waals surface area contributed by atoms with Gasteiger partial charge in [-0.25, -0.2) is 8.78 Å². The van der Waals surface area contributed by atoms with Crippen LogP contribution in [0.25, 0.3) is 0 Å². The molecule has 2 atom stereocenters. The van der Waals surface area contributed by atoms with Crippen molar-refractivity contribution in [2.45, 2.75) is 11.4 Å². The van der Waals surface area contributed by atoms with Gasteiger partial charge >= 0.3 is 0 Å². The first-order chi connectivity index (χ1) is 12.0. The molecule has 8 heteroatoms. The lowest BCUT2D eigenvalue weighted by molar-refractivity contribution is -0.119. The van der Waals surface area contributed by atoms with Crippen LogP contribution in [-0.2, 0) is 4.79 Å². The highest BCUT2D eigenvalue weighted by molar-refractivity contribution is 7.99. The number of fused-ring (bicyclic) bond motifs is 1. The normalized spacial score (nSPS) is 22.7. The standard InChI is InChI=1S/C17H11ClF2N2OS2/c18-12-7-11(5-6-13(12)20)21-15(23)14-8-25-16(22(14)17(21)24)9-1-3-10(19)4-2-9/h1-7,14,16H,8H2/t14-,16?/m1/s1. The molecule has 0 radical (unpaired) electrons. The summed E-state index contributed by atoms with van der Waals surface area (Å²) in [4.78, 5) is 16.1. The lowest BCUT2D eigenvalue weighted by Gasteiger charge is -2.25. The van der Waals surface area contributed by atoms with Gasteiger partial charge in [-0.2, -0.15) is 0 Å². The van der Waals surface area contributed by atoms with E-state index in [4.69, 9.17) is 23.8 Å². The number of carbonyl (C=O) groups is 1. The predicted molar refractivity (Wildman–Crippen MR) is 98.7 cm³/mol. The van der Waals surface area contributed by atoms with E-state index in [-0.39, 0.29) is 22.1 Å². The van der Waals surface area contributed by atoms with Gasteiger partial charge in [-0.15, -0.1) is 11.8 Å². The molecule has 2 aliphatic heterocycles. The number of benzene rings is 2. The van der Waals surface area contributed by atoms with E-state index in [1.54, 1.807) is 23.9 Å². The molecule has 0 aliphatic carbocycles. The average molecular weight is 397 g/mol. The van der Waals surface area contributed by atoms with E-state index < -0.39 is 11.9 Å². The number of thiocarbonyl (C=S) groups is 1. The van der Waals surface area contributed by atoms with E-state index in [0.717, 1.165) is 5.56 Å². The predicted octanol–water partition coefficient (Wildman–Crippen LogP) is 4.37. The molecule has 2 fully saturated rings. The van der Waals surface area contributed by atoms with E-state index in [2.05, 4.69) is 0 Å². The second-order valence-corrected chi connectivity index (χ2v) is 7.60. The van der Waals surface area contributed by atoms with Gasteiger partial charge in [-0.05, 0) is 48.1 Å². The highest BCUT2D eigenvalue weighted by atomic mass is 35.5. The zero-order valence-corrected chi connectivity index (χ0v) is 15.0. The summed E-state index contributed by atoms with van der Waals surface area (Å²) in [5.74, 6) is -0.453. The Kier molecular flexibility index (Phi) is 4.17.